The van der Waals surface area contributed by atoms with E-state index in [0.29, 0.717) is 6.42 Å². The number of amides is 1. The van der Waals surface area contributed by atoms with E-state index in [9.17, 15) is 4.79 Å². The van der Waals surface area contributed by atoms with Crippen LogP contribution in [0.4, 0.5) is 0 Å². The van der Waals surface area contributed by atoms with Crippen LogP contribution < -0.4 is 39.9 Å². The minimum atomic E-state index is -4.94. The number of nitrogens with one attached hydrogen (secondary N) is 1. The van der Waals surface area contributed by atoms with Gasteiger partial charge in [-0.25, -0.2) is 18.6 Å². The Morgan fingerprint density at radius 3 is 1.28 bits per heavy atom. The van der Waals surface area contributed by atoms with Gasteiger partial charge in [0, 0.05) is 0 Å². The highest BCUT2D eigenvalue weighted by molar-refractivity contribution is 7.98. The number of carbonyl (C=O) groups excluding carboxylic acids is 1. The van der Waals surface area contributed by atoms with Gasteiger partial charge >= 0.3 is 0 Å². The van der Waals surface area contributed by atoms with Crippen molar-refractivity contribution in [2.75, 3.05) is 0 Å². The third kappa shape index (κ3) is 7.33. The summed E-state index contributed by atoms with van der Waals surface area (Å²) in [6.07, 6.45) is 0.318. The molecule has 0 bridgehead atoms. The number of halogens is 1. The molecule has 0 atom stereocenters. The molecule has 184 valence electrons. The molecule has 0 saturated carbocycles. The van der Waals surface area contributed by atoms with E-state index in [4.69, 9.17) is 18.6 Å². The van der Waals surface area contributed by atoms with Gasteiger partial charge in [0.2, 0.25) is 5.91 Å². The third-order valence-corrected chi connectivity index (χ3v) is 9.47. The van der Waals surface area contributed by atoms with Crippen molar-refractivity contribution < 1.29 is 33.7 Å². The molecule has 6 nitrogen and oxygen atoms in total. The van der Waals surface area contributed by atoms with Crippen LogP contribution in [0.2, 0.25) is 0 Å². The zero-order valence-corrected chi connectivity index (χ0v) is 21.0. The first-order chi connectivity index (χ1) is 17.2. The maximum absolute atomic E-state index is 13.0. The van der Waals surface area contributed by atoms with Gasteiger partial charge in [-0.1, -0.05) is 84.9 Å². The predicted molar refractivity (Wildman–Crippen MR) is 133 cm³/mol. The van der Waals surface area contributed by atoms with Gasteiger partial charge < -0.3 is 0 Å². The van der Waals surface area contributed by atoms with E-state index in [-0.39, 0.29) is 5.91 Å². The summed E-state index contributed by atoms with van der Waals surface area (Å²) in [6, 6.07) is 41.0. The molecule has 0 heterocycles. The standard InChI is InChI=1S/C28H24NOP.ClHO4/c1-23(29-28(30)22-24-14-6-2-7-15-24)31(25-16-8-3-9-17-25,26-18-10-4-11-19-26)27-20-12-5-13-21-27;2-1(3,4)5/h2-21H,1,22H2;(H,2,3,4,5). The Balaban J connectivity index is 0.000000658. The lowest BCUT2D eigenvalue weighted by atomic mass is 10.1. The summed E-state index contributed by atoms with van der Waals surface area (Å²) < 4.78 is 34.0. The molecule has 0 aliphatic heterocycles. The summed E-state index contributed by atoms with van der Waals surface area (Å²) >= 11 is 0. The van der Waals surface area contributed by atoms with E-state index in [1.807, 2.05) is 48.5 Å². The number of hydrogen-bond donors (Lipinski definition) is 1. The van der Waals surface area contributed by atoms with Crippen molar-refractivity contribution in [1.82, 2.24) is 5.32 Å². The Morgan fingerprint density at radius 1 is 0.639 bits per heavy atom. The van der Waals surface area contributed by atoms with Crippen molar-refractivity contribution in [1.29, 1.82) is 0 Å². The van der Waals surface area contributed by atoms with E-state index in [1.165, 1.54) is 0 Å². The molecule has 4 aromatic carbocycles. The number of benzene rings is 4. The first-order valence-electron chi connectivity index (χ1n) is 10.9. The summed E-state index contributed by atoms with van der Waals surface area (Å²) in [5, 5.41) is 6.67. The van der Waals surface area contributed by atoms with Gasteiger partial charge in [-0.3, -0.25) is 10.1 Å². The molecule has 1 amide bonds. The van der Waals surface area contributed by atoms with Gasteiger partial charge in [0.1, 0.15) is 15.9 Å². The summed E-state index contributed by atoms with van der Waals surface area (Å²) in [4.78, 5) is 13.0. The molecular weight excluding hydrogens is 497 g/mol. The lowest BCUT2D eigenvalue weighted by Crippen LogP contribution is -2.68. The molecular formula is C28H25ClNO5P. The molecule has 4 rings (SSSR count). The Kier molecular flexibility index (Phi) is 9.51. The molecule has 4 aromatic rings. The first kappa shape index (κ1) is 27.2. The minimum absolute atomic E-state index is 0.0524. The third-order valence-electron chi connectivity index (χ3n) is 5.33. The number of carbonyl (C=O) groups is 1. The highest BCUT2D eigenvalue weighted by atomic mass is 35.7. The lowest BCUT2D eigenvalue weighted by Gasteiger charge is -2.28. The quantitative estimate of drug-likeness (QED) is 0.345. The Hall–Kier alpha value is -3.35. The Bertz CT molecular complexity index is 1150. The van der Waals surface area contributed by atoms with Gasteiger partial charge in [0.05, 0.1) is 6.42 Å². The Morgan fingerprint density at radius 2 is 0.944 bits per heavy atom. The van der Waals surface area contributed by atoms with Gasteiger partial charge in [-0.2, -0.15) is 0 Å². The molecule has 0 fully saturated rings. The highest BCUT2D eigenvalue weighted by Crippen LogP contribution is 2.60. The second kappa shape index (κ2) is 12.6. The fourth-order valence-electron chi connectivity index (χ4n) is 3.94. The van der Waals surface area contributed by atoms with E-state index >= 15 is 0 Å². The van der Waals surface area contributed by atoms with Crippen LogP contribution >= 0.6 is 7.26 Å². The zero-order chi connectivity index (χ0) is 26.0. The van der Waals surface area contributed by atoms with Gasteiger partial charge in [-0.15, -0.1) is 10.2 Å². The maximum Gasteiger partial charge on any atom is 0.231 e. The normalized spacial score (nSPS) is 11.1. The molecule has 0 aliphatic carbocycles. The molecule has 0 spiro atoms. The minimum Gasteiger partial charge on any atom is -0.296 e. The van der Waals surface area contributed by atoms with E-state index in [1.54, 1.807) is 0 Å². The summed E-state index contributed by atoms with van der Waals surface area (Å²) in [5.41, 5.74) is 1.73. The van der Waals surface area contributed by atoms with Crippen molar-refractivity contribution in [3.05, 3.63) is 139 Å². The fraction of sp³-hybridized carbons (Fsp3) is 0.0357. The van der Waals surface area contributed by atoms with Crippen LogP contribution in [0.1, 0.15) is 5.56 Å². The smallest absolute Gasteiger partial charge is 0.231 e. The molecule has 0 aliphatic rings. The fourth-order valence-corrected chi connectivity index (χ4v) is 7.92. The van der Waals surface area contributed by atoms with Crippen molar-refractivity contribution >= 4 is 29.1 Å². The lowest BCUT2D eigenvalue weighted by molar-refractivity contribution is -2.00. The molecule has 36 heavy (non-hydrogen) atoms. The van der Waals surface area contributed by atoms with Gasteiger partial charge in [-0.05, 0) is 48.5 Å². The van der Waals surface area contributed by atoms with Crippen molar-refractivity contribution in [2.45, 2.75) is 6.42 Å². The SMILES string of the molecule is C=C(NC(=O)Cc1ccccc1)[P+](c1ccccc1)(c1ccccc1)c1ccccc1.[O-][Cl+3]([O-])([O-])[O-]. The van der Waals surface area contributed by atoms with Crippen LogP contribution in [-0.4, -0.2) is 5.91 Å². The average molecular weight is 522 g/mol. The van der Waals surface area contributed by atoms with Crippen LogP contribution in [0, 0.1) is 10.2 Å². The molecule has 0 radical (unpaired) electrons. The monoisotopic (exact) mass is 521 g/mol. The largest absolute Gasteiger partial charge is 0.296 e. The van der Waals surface area contributed by atoms with Crippen molar-refractivity contribution in [2.24, 2.45) is 0 Å². The molecule has 1 N–H and O–H groups in total. The highest BCUT2D eigenvalue weighted by Gasteiger charge is 2.49. The van der Waals surface area contributed by atoms with E-state index in [0.717, 1.165) is 26.9 Å². The Labute approximate surface area is 213 Å². The van der Waals surface area contributed by atoms with Gasteiger partial charge in [0.15, 0.2) is 12.7 Å². The zero-order valence-electron chi connectivity index (χ0n) is 19.3. The average Bonchev–Trinajstić information content (AvgIpc) is 2.86. The molecule has 0 saturated heterocycles. The van der Waals surface area contributed by atoms with Crippen LogP contribution in [0.5, 0.6) is 0 Å². The van der Waals surface area contributed by atoms with Crippen LogP contribution in [0.3, 0.4) is 0 Å². The second-order valence-corrected chi connectivity index (χ2v) is 11.9. The second-order valence-electron chi connectivity index (χ2n) is 7.71. The van der Waals surface area contributed by atoms with E-state index in [2.05, 4.69) is 84.7 Å². The molecule has 0 aromatic heterocycles. The number of hydrogen-bond acceptors (Lipinski definition) is 5. The first-order valence-corrected chi connectivity index (χ1v) is 13.9. The maximum atomic E-state index is 13.0. The number of rotatable bonds is 7. The predicted octanol–water partition coefficient (Wildman–Crippen LogP) is 0.0546. The summed E-state index contributed by atoms with van der Waals surface area (Å²) in [6.45, 7) is 4.46. The van der Waals surface area contributed by atoms with Crippen LogP contribution in [0.25, 0.3) is 0 Å². The van der Waals surface area contributed by atoms with Gasteiger partial charge in [0.25, 0.3) is 0 Å². The molecule has 8 heteroatoms. The summed E-state index contributed by atoms with van der Waals surface area (Å²) in [7, 11) is -7.27. The van der Waals surface area contributed by atoms with Crippen molar-refractivity contribution in [3.8, 4) is 0 Å². The van der Waals surface area contributed by atoms with Crippen LogP contribution in [0.15, 0.2) is 133 Å². The van der Waals surface area contributed by atoms with E-state index < -0.39 is 17.5 Å². The summed E-state index contributed by atoms with van der Waals surface area (Å²) in [5.74, 6) is -0.0524. The van der Waals surface area contributed by atoms with Crippen LogP contribution in [-0.2, 0) is 11.2 Å². The molecule has 0 unspecified atom stereocenters. The topological polar surface area (TPSA) is 121 Å². The van der Waals surface area contributed by atoms with Crippen molar-refractivity contribution in [3.63, 3.8) is 0 Å².